The molecule has 0 amide bonds. The van der Waals surface area contributed by atoms with Crippen LogP contribution in [0.25, 0.3) is 0 Å². The Morgan fingerprint density at radius 3 is 1.78 bits per heavy atom. The fourth-order valence-corrected chi connectivity index (χ4v) is 1.38. The van der Waals surface area contributed by atoms with Crippen molar-refractivity contribution in [2.45, 2.75) is 45.2 Å². The first kappa shape index (κ1) is 9.25. The number of halogens is 1. The van der Waals surface area contributed by atoms with Gasteiger partial charge in [0.25, 0.3) is 0 Å². The molecule has 9 heavy (non-hydrogen) atoms. The van der Waals surface area contributed by atoms with Crippen molar-refractivity contribution in [3.05, 3.63) is 0 Å². The van der Waals surface area contributed by atoms with Gasteiger partial charge in [-0.3, -0.25) is 0 Å². The number of piperidine rings is 1. The molecule has 0 aromatic heterocycles. The largest absolute Gasteiger partial charge is 0.312 e. The van der Waals surface area contributed by atoms with Crippen LogP contribution in [0.1, 0.15) is 33.1 Å². The summed E-state index contributed by atoms with van der Waals surface area (Å²) in [5.74, 6) is 0. The highest BCUT2D eigenvalue weighted by Gasteiger charge is 2.11. The van der Waals surface area contributed by atoms with Crippen molar-refractivity contribution in [1.29, 1.82) is 0 Å². The molecule has 0 aromatic rings. The zero-order valence-electron chi connectivity index (χ0n) is 6.18. The Kier molecular flexibility index (Phi) is 4.24. The fourth-order valence-electron chi connectivity index (χ4n) is 1.38. The Bertz CT molecular complexity index is 67.3. The highest BCUT2D eigenvalue weighted by Crippen LogP contribution is 2.10. The fraction of sp³-hybridized carbons (Fsp3) is 1.00. The first-order chi connectivity index (χ1) is 3.79. The summed E-state index contributed by atoms with van der Waals surface area (Å²) in [7, 11) is 0. The van der Waals surface area contributed by atoms with Crippen molar-refractivity contribution in [1.82, 2.24) is 5.32 Å². The highest BCUT2D eigenvalue weighted by atomic mass is 35.5. The van der Waals surface area contributed by atoms with Crippen LogP contribution in [0.4, 0.5) is 0 Å². The van der Waals surface area contributed by atoms with Crippen molar-refractivity contribution in [3.63, 3.8) is 0 Å². The molecule has 56 valence electrons. The molecule has 1 aliphatic rings. The number of hydrogen-bond donors (Lipinski definition) is 1. The Labute approximate surface area is 63.6 Å². The van der Waals surface area contributed by atoms with Crippen LogP contribution in [0.15, 0.2) is 0 Å². The molecule has 1 N–H and O–H groups in total. The number of hydrogen-bond acceptors (Lipinski definition) is 1. The summed E-state index contributed by atoms with van der Waals surface area (Å²) in [6.45, 7) is 4.52. The quantitative estimate of drug-likeness (QED) is 0.555. The van der Waals surface area contributed by atoms with Crippen LogP contribution in [0.3, 0.4) is 0 Å². The molecule has 1 saturated heterocycles. The lowest BCUT2D eigenvalue weighted by Gasteiger charge is -2.25. The van der Waals surface area contributed by atoms with Crippen LogP contribution in [-0.4, -0.2) is 12.1 Å². The zero-order valence-corrected chi connectivity index (χ0v) is 7.00. The minimum absolute atomic E-state index is 0. The van der Waals surface area contributed by atoms with Gasteiger partial charge in [-0.05, 0) is 26.7 Å². The van der Waals surface area contributed by atoms with E-state index >= 15 is 0 Å². The average molecular weight is 150 g/mol. The maximum atomic E-state index is 3.48. The van der Waals surface area contributed by atoms with Crippen molar-refractivity contribution >= 4 is 12.4 Å². The predicted octanol–water partition coefficient (Wildman–Crippen LogP) is 1.96. The van der Waals surface area contributed by atoms with Gasteiger partial charge in [-0.15, -0.1) is 12.4 Å². The second kappa shape index (κ2) is 4.13. The van der Waals surface area contributed by atoms with Crippen LogP contribution < -0.4 is 5.32 Å². The van der Waals surface area contributed by atoms with Gasteiger partial charge >= 0.3 is 0 Å². The van der Waals surface area contributed by atoms with Gasteiger partial charge in [-0.1, -0.05) is 6.42 Å². The smallest absolute Gasteiger partial charge is 0.00412 e. The molecule has 1 fully saturated rings. The minimum atomic E-state index is 0. The SMILES string of the molecule is CC1CCC[C@H](C)N1.Cl. The van der Waals surface area contributed by atoms with Crippen LogP contribution >= 0.6 is 12.4 Å². The Morgan fingerprint density at radius 1 is 1.11 bits per heavy atom. The van der Waals surface area contributed by atoms with Gasteiger partial charge in [0.15, 0.2) is 0 Å². The van der Waals surface area contributed by atoms with Gasteiger partial charge in [0.1, 0.15) is 0 Å². The van der Waals surface area contributed by atoms with Crippen molar-refractivity contribution in [2.24, 2.45) is 0 Å². The van der Waals surface area contributed by atoms with E-state index in [1.807, 2.05) is 0 Å². The maximum absolute atomic E-state index is 3.48. The van der Waals surface area contributed by atoms with E-state index in [0.717, 1.165) is 12.1 Å². The molecule has 0 bridgehead atoms. The Balaban J connectivity index is 0.000000640. The topological polar surface area (TPSA) is 12.0 Å². The summed E-state index contributed by atoms with van der Waals surface area (Å²) in [5, 5.41) is 3.48. The van der Waals surface area contributed by atoms with E-state index < -0.39 is 0 Å². The van der Waals surface area contributed by atoms with E-state index in [2.05, 4.69) is 19.2 Å². The minimum Gasteiger partial charge on any atom is -0.312 e. The average Bonchev–Trinajstić information content (AvgIpc) is 1.64. The van der Waals surface area contributed by atoms with E-state index in [1.165, 1.54) is 19.3 Å². The normalized spacial score (nSPS) is 35.3. The van der Waals surface area contributed by atoms with E-state index in [9.17, 15) is 0 Å². The van der Waals surface area contributed by atoms with Gasteiger partial charge < -0.3 is 5.32 Å². The molecule has 1 unspecified atom stereocenters. The van der Waals surface area contributed by atoms with Crippen LogP contribution in [0.2, 0.25) is 0 Å². The molecule has 0 saturated carbocycles. The van der Waals surface area contributed by atoms with Crippen LogP contribution in [0, 0.1) is 0 Å². The van der Waals surface area contributed by atoms with Crippen LogP contribution in [0.5, 0.6) is 0 Å². The molecule has 0 aliphatic carbocycles. The van der Waals surface area contributed by atoms with Gasteiger partial charge in [-0.25, -0.2) is 0 Å². The summed E-state index contributed by atoms with van der Waals surface area (Å²) in [4.78, 5) is 0. The lowest BCUT2D eigenvalue weighted by molar-refractivity contribution is 0.352. The lowest BCUT2D eigenvalue weighted by Crippen LogP contribution is -2.38. The van der Waals surface area contributed by atoms with Crippen LogP contribution in [-0.2, 0) is 0 Å². The molecular weight excluding hydrogens is 134 g/mol. The third kappa shape index (κ3) is 3.07. The monoisotopic (exact) mass is 149 g/mol. The lowest BCUT2D eigenvalue weighted by atomic mass is 10.0. The highest BCUT2D eigenvalue weighted by molar-refractivity contribution is 5.85. The second-order valence-electron chi connectivity index (χ2n) is 2.90. The Hall–Kier alpha value is 0.250. The van der Waals surface area contributed by atoms with Gasteiger partial charge in [-0.2, -0.15) is 0 Å². The van der Waals surface area contributed by atoms with E-state index in [0.29, 0.717) is 0 Å². The summed E-state index contributed by atoms with van der Waals surface area (Å²) >= 11 is 0. The first-order valence-corrected chi connectivity index (χ1v) is 3.55. The Morgan fingerprint density at radius 2 is 1.56 bits per heavy atom. The molecular formula is C7H16ClN. The third-order valence-electron chi connectivity index (χ3n) is 1.84. The molecule has 1 heterocycles. The molecule has 1 aliphatic heterocycles. The zero-order chi connectivity index (χ0) is 5.98. The molecule has 2 heteroatoms. The number of rotatable bonds is 0. The van der Waals surface area contributed by atoms with Crippen molar-refractivity contribution in [2.75, 3.05) is 0 Å². The standard InChI is InChI=1S/C7H15N.ClH/c1-6-4-3-5-7(2)8-6;/h6-8H,3-5H2,1-2H3;1H/t6-,7?;/m0./s1. The molecule has 2 atom stereocenters. The first-order valence-electron chi connectivity index (χ1n) is 3.55. The maximum Gasteiger partial charge on any atom is 0.00412 e. The number of nitrogens with one attached hydrogen (secondary N) is 1. The summed E-state index contributed by atoms with van der Waals surface area (Å²) in [5.41, 5.74) is 0. The summed E-state index contributed by atoms with van der Waals surface area (Å²) in [6, 6.07) is 1.53. The molecule has 1 rings (SSSR count). The second-order valence-corrected chi connectivity index (χ2v) is 2.90. The summed E-state index contributed by atoms with van der Waals surface area (Å²) in [6.07, 6.45) is 4.14. The van der Waals surface area contributed by atoms with Crippen molar-refractivity contribution < 1.29 is 0 Å². The van der Waals surface area contributed by atoms with Gasteiger partial charge in [0.05, 0.1) is 0 Å². The molecule has 0 spiro atoms. The molecule has 1 nitrogen and oxygen atoms in total. The third-order valence-corrected chi connectivity index (χ3v) is 1.84. The van der Waals surface area contributed by atoms with Gasteiger partial charge in [0.2, 0.25) is 0 Å². The van der Waals surface area contributed by atoms with E-state index in [1.54, 1.807) is 0 Å². The molecule has 0 radical (unpaired) electrons. The van der Waals surface area contributed by atoms with E-state index in [4.69, 9.17) is 0 Å². The predicted molar refractivity (Wildman–Crippen MR) is 43.2 cm³/mol. The van der Waals surface area contributed by atoms with Crippen molar-refractivity contribution in [3.8, 4) is 0 Å². The van der Waals surface area contributed by atoms with Gasteiger partial charge in [0, 0.05) is 12.1 Å². The molecule has 0 aromatic carbocycles. The summed E-state index contributed by atoms with van der Waals surface area (Å²) < 4.78 is 0. The van der Waals surface area contributed by atoms with E-state index in [-0.39, 0.29) is 12.4 Å².